The molecule has 6 heteroatoms. The predicted octanol–water partition coefficient (Wildman–Crippen LogP) is 2.66. The summed E-state index contributed by atoms with van der Waals surface area (Å²) < 4.78 is 48.7. The van der Waals surface area contributed by atoms with Gasteiger partial charge in [0.1, 0.15) is 0 Å². The van der Waals surface area contributed by atoms with Crippen molar-refractivity contribution in [1.82, 2.24) is 4.90 Å². The summed E-state index contributed by atoms with van der Waals surface area (Å²) in [5, 5.41) is 0. The fourth-order valence-electron chi connectivity index (χ4n) is 2.22. The third-order valence-electron chi connectivity index (χ3n) is 3.08. The lowest BCUT2D eigenvalue weighted by atomic mass is 9.97. The van der Waals surface area contributed by atoms with E-state index in [0.717, 1.165) is 0 Å². The van der Waals surface area contributed by atoms with E-state index in [1.54, 1.807) is 4.90 Å². The van der Waals surface area contributed by atoms with Gasteiger partial charge in [-0.2, -0.15) is 13.2 Å². The fourth-order valence-corrected chi connectivity index (χ4v) is 2.22. The molecule has 0 bridgehead atoms. The lowest BCUT2D eigenvalue weighted by molar-refractivity contribution is -0.195. The molecular formula is C12H22F3NO2. The summed E-state index contributed by atoms with van der Waals surface area (Å²) in [5.41, 5.74) is 0. The minimum atomic E-state index is -4.09. The molecule has 108 valence electrons. The third-order valence-corrected chi connectivity index (χ3v) is 3.08. The van der Waals surface area contributed by atoms with Crippen LogP contribution in [0.1, 0.15) is 26.7 Å². The summed E-state index contributed by atoms with van der Waals surface area (Å²) in [6.07, 6.45) is -3.71. The van der Waals surface area contributed by atoms with E-state index in [1.807, 2.05) is 13.8 Å². The van der Waals surface area contributed by atoms with Crippen molar-refractivity contribution in [3.05, 3.63) is 0 Å². The summed E-state index contributed by atoms with van der Waals surface area (Å²) in [6.45, 7) is 5.85. The van der Waals surface area contributed by atoms with Crippen LogP contribution in [0.4, 0.5) is 13.2 Å². The van der Waals surface area contributed by atoms with E-state index in [0.29, 0.717) is 32.7 Å². The topological polar surface area (TPSA) is 21.7 Å². The van der Waals surface area contributed by atoms with E-state index in [4.69, 9.17) is 9.47 Å². The van der Waals surface area contributed by atoms with Crippen LogP contribution in [0.5, 0.6) is 0 Å². The average molecular weight is 269 g/mol. The molecule has 1 fully saturated rings. The first-order valence-electron chi connectivity index (χ1n) is 6.49. The summed E-state index contributed by atoms with van der Waals surface area (Å²) >= 11 is 0. The average Bonchev–Trinajstić information content (AvgIpc) is 2.29. The monoisotopic (exact) mass is 269 g/mol. The number of likely N-dealkylation sites (tertiary alicyclic amines) is 1. The van der Waals surface area contributed by atoms with Crippen LogP contribution < -0.4 is 0 Å². The van der Waals surface area contributed by atoms with Gasteiger partial charge < -0.3 is 9.47 Å². The largest absolute Gasteiger partial charge is 0.393 e. The van der Waals surface area contributed by atoms with Crippen molar-refractivity contribution in [1.29, 1.82) is 0 Å². The maximum Gasteiger partial charge on any atom is 0.393 e. The molecule has 0 N–H and O–H groups in total. The Kier molecular flexibility index (Phi) is 6.38. The minimum Gasteiger partial charge on any atom is -0.352 e. The van der Waals surface area contributed by atoms with Crippen LogP contribution >= 0.6 is 0 Å². The van der Waals surface area contributed by atoms with Gasteiger partial charge in [-0.15, -0.1) is 0 Å². The Morgan fingerprint density at radius 2 is 1.83 bits per heavy atom. The molecule has 0 spiro atoms. The molecule has 1 rings (SSSR count). The predicted molar refractivity (Wildman–Crippen MR) is 62.3 cm³/mol. The zero-order valence-corrected chi connectivity index (χ0v) is 11.0. The number of piperidine rings is 1. The maximum atomic E-state index is 12.7. The quantitative estimate of drug-likeness (QED) is 0.692. The van der Waals surface area contributed by atoms with E-state index in [1.165, 1.54) is 0 Å². The minimum absolute atomic E-state index is 0.0557. The van der Waals surface area contributed by atoms with E-state index >= 15 is 0 Å². The van der Waals surface area contributed by atoms with Gasteiger partial charge in [-0.25, -0.2) is 0 Å². The molecule has 0 aromatic rings. The van der Waals surface area contributed by atoms with Crippen molar-refractivity contribution in [3.8, 4) is 0 Å². The highest BCUT2D eigenvalue weighted by molar-refractivity contribution is 4.78. The number of hydrogen-bond acceptors (Lipinski definition) is 3. The number of halogens is 3. The van der Waals surface area contributed by atoms with E-state index in [2.05, 4.69) is 0 Å². The van der Waals surface area contributed by atoms with Gasteiger partial charge in [-0.3, -0.25) is 4.90 Å². The molecule has 1 heterocycles. The second-order valence-corrected chi connectivity index (χ2v) is 4.48. The molecule has 1 unspecified atom stereocenters. The number of nitrogens with zero attached hydrogens (tertiary/aromatic N) is 1. The van der Waals surface area contributed by atoms with Crippen LogP contribution in [0.3, 0.4) is 0 Å². The second kappa shape index (κ2) is 7.31. The third kappa shape index (κ3) is 5.12. The molecule has 0 saturated carbocycles. The van der Waals surface area contributed by atoms with Gasteiger partial charge in [0.25, 0.3) is 0 Å². The SMILES string of the molecule is CCOC(CN1CCCC(C(F)(F)F)C1)OCC. The highest BCUT2D eigenvalue weighted by atomic mass is 19.4. The van der Waals surface area contributed by atoms with E-state index < -0.39 is 18.4 Å². The summed E-state index contributed by atoms with van der Waals surface area (Å²) in [5.74, 6) is -1.21. The molecule has 0 amide bonds. The Morgan fingerprint density at radius 3 is 2.33 bits per heavy atom. The zero-order chi connectivity index (χ0) is 13.6. The van der Waals surface area contributed by atoms with Crippen LogP contribution in [0.25, 0.3) is 0 Å². The van der Waals surface area contributed by atoms with Crippen molar-refractivity contribution in [2.24, 2.45) is 5.92 Å². The molecular weight excluding hydrogens is 247 g/mol. The normalized spacial score (nSPS) is 22.7. The summed E-state index contributed by atoms with van der Waals surface area (Å²) in [7, 11) is 0. The van der Waals surface area contributed by atoms with Crippen LogP contribution in [0.2, 0.25) is 0 Å². The first kappa shape index (κ1) is 15.7. The van der Waals surface area contributed by atoms with E-state index in [-0.39, 0.29) is 13.0 Å². The lowest BCUT2D eigenvalue weighted by Gasteiger charge is -2.35. The molecule has 1 aliphatic rings. The van der Waals surface area contributed by atoms with Crippen molar-refractivity contribution >= 4 is 0 Å². The number of ether oxygens (including phenoxy) is 2. The Hall–Kier alpha value is -0.330. The van der Waals surface area contributed by atoms with Crippen LogP contribution in [-0.2, 0) is 9.47 Å². The van der Waals surface area contributed by atoms with Gasteiger partial charge in [0.2, 0.25) is 0 Å². The highest BCUT2D eigenvalue weighted by Crippen LogP contribution is 2.33. The molecule has 0 aromatic heterocycles. The maximum absolute atomic E-state index is 12.7. The lowest BCUT2D eigenvalue weighted by Crippen LogP contribution is -2.45. The highest BCUT2D eigenvalue weighted by Gasteiger charge is 2.41. The molecule has 1 saturated heterocycles. The van der Waals surface area contributed by atoms with Gasteiger partial charge in [-0.05, 0) is 33.2 Å². The van der Waals surface area contributed by atoms with Crippen LogP contribution in [0.15, 0.2) is 0 Å². The van der Waals surface area contributed by atoms with E-state index in [9.17, 15) is 13.2 Å². The Bertz CT molecular complexity index is 230. The first-order valence-corrected chi connectivity index (χ1v) is 6.49. The van der Waals surface area contributed by atoms with Gasteiger partial charge >= 0.3 is 6.18 Å². The zero-order valence-electron chi connectivity index (χ0n) is 11.0. The van der Waals surface area contributed by atoms with Crippen molar-refractivity contribution in [2.75, 3.05) is 32.8 Å². The summed E-state index contributed by atoms with van der Waals surface area (Å²) in [6, 6.07) is 0. The molecule has 3 nitrogen and oxygen atoms in total. The smallest absolute Gasteiger partial charge is 0.352 e. The van der Waals surface area contributed by atoms with Gasteiger partial charge in [0.15, 0.2) is 6.29 Å². The number of alkyl halides is 3. The summed E-state index contributed by atoms with van der Waals surface area (Å²) in [4.78, 5) is 1.79. The van der Waals surface area contributed by atoms with Crippen molar-refractivity contribution in [3.63, 3.8) is 0 Å². The van der Waals surface area contributed by atoms with Gasteiger partial charge in [-0.1, -0.05) is 0 Å². The fraction of sp³-hybridized carbons (Fsp3) is 1.00. The van der Waals surface area contributed by atoms with Crippen molar-refractivity contribution < 1.29 is 22.6 Å². The molecule has 18 heavy (non-hydrogen) atoms. The molecule has 0 aliphatic carbocycles. The molecule has 1 atom stereocenters. The second-order valence-electron chi connectivity index (χ2n) is 4.48. The first-order chi connectivity index (χ1) is 8.47. The Labute approximate surface area is 106 Å². The van der Waals surface area contributed by atoms with Gasteiger partial charge in [0.05, 0.1) is 5.92 Å². The molecule has 0 aromatic carbocycles. The molecule has 1 aliphatic heterocycles. The Balaban J connectivity index is 2.45. The van der Waals surface area contributed by atoms with Gasteiger partial charge in [0, 0.05) is 26.3 Å². The van der Waals surface area contributed by atoms with Crippen LogP contribution in [-0.4, -0.2) is 50.2 Å². The van der Waals surface area contributed by atoms with Crippen LogP contribution in [0, 0.1) is 5.92 Å². The molecule has 0 radical (unpaired) electrons. The Morgan fingerprint density at radius 1 is 1.22 bits per heavy atom. The number of rotatable bonds is 6. The number of hydrogen-bond donors (Lipinski definition) is 0. The van der Waals surface area contributed by atoms with Crippen molar-refractivity contribution in [2.45, 2.75) is 39.2 Å². The standard InChI is InChI=1S/C12H22F3NO2/c1-3-17-11(18-4-2)9-16-7-5-6-10(8-16)12(13,14)15/h10-11H,3-9H2,1-2H3.